The molecule has 1 unspecified atom stereocenters. The molecule has 0 aliphatic heterocycles. The van der Waals surface area contributed by atoms with Crippen molar-refractivity contribution in [3.8, 4) is 5.75 Å². The van der Waals surface area contributed by atoms with Gasteiger partial charge in [0.2, 0.25) is 5.91 Å². The molecule has 1 aromatic heterocycles. The molecule has 16 nitrogen and oxygen atoms in total. The van der Waals surface area contributed by atoms with Crippen LogP contribution in [0.4, 0.5) is 0 Å². The molecule has 1 heterocycles. The van der Waals surface area contributed by atoms with Crippen molar-refractivity contribution in [3.05, 3.63) is 30.5 Å². The summed E-state index contributed by atoms with van der Waals surface area (Å²) < 4.78 is 21.8. The number of carbonyl (C=O) groups excluding carboxylic acids is 2. The summed E-state index contributed by atoms with van der Waals surface area (Å²) in [6.45, 7) is 2.10. The van der Waals surface area contributed by atoms with Crippen LogP contribution in [0.2, 0.25) is 0 Å². The van der Waals surface area contributed by atoms with Crippen LogP contribution in [0.3, 0.4) is 0 Å². The van der Waals surface area contributed by atoms with E-state index in [1.807, 2.05) is 18.2 Å². The van der Waals surface area contributed by atoms with Gasteiger partial charge in [-0.15, -0.1) is 0 Å². The minimum absolute atomic E-state index is 0.0145. The van der Waals surface area contributed by atoms with Gasteiger partial charge in [-0.25, -0.2) is 14.5 Å². The van der Waals surface area contributed by atoms with E-state index >= 15 is 0 Å². The van der Waals surface area contributed by atoms with Crippen LogP contribution in [0.15, 0.2) is 30.5 Å². The lowest BCUT2D eigenvalue weighted by Crippen LogP contribution is -2.47. The van der Waals surface area contributed by atoms with Gasteiger partial charge in [0.05, 0.1) is 43.8 Å². The van der Waals surface area contributed by atoms with E-state index in [4.69, 9.17) is 39.8 Å². The molecule has 1 atom stereocenters. The van der Waals surface area contributed by atoms with Crippen LogP contribution in [0, 0.1) is 0 Å². The number of nitrogens with zero attached hydrogens (tertiary/aromatic N) is 3. The molecular formula is C22H34N4O12. The molecule has 5 N–H and O–H groups in total. The highest BCUT2D eigenvalue weighted by Crippen LogP contribution is 2.24. The topological polar surface area (TPSA) is 196 Å². The first-order chi connectivity index (χ1) is 18.2. The van der Waals surface area contributed by atoms with Crippen LogP contribution < -0.4 is 4.74 Å². The molecule has 0 fully saturated rings. The Morgan fingerprint density at radius 2 is 1.58 bits per heavy atom. The largest absolute Gasteiger partial charge is 0.489 e. The SMILES string of the molecule is CC(C)N(CC(COc1cccc2[nH]ccc12)OC(=O)COCCON(O)O)C(=O)COCCON(O)O. The van der Waals surface area contributed by atoms with E-state index in [0.717, 1.165) is 10.9 Å². The molecule has 0 radical (unpaired) electrons. The van der Waals surface area contributed by atoms with Gasteiger partial charge >= 0.3 is 5.97 Å². The maximum Gasteiger partial charge on any atom is 0.332 e. The number of fused-ring (bicyclic) bond motifs is 1. The Bertz CT molecular complexity index is 971. The number of ether oxygens (including phenoxy) is 4. The number of aromatic amines is 1. The van der Waals surface area contributed by atoms with Crippen LogP contribution in [-0.4, -0.2) is 118 Å². The van der Waals surface area contributed by atoms with E-state index in [2.05, 4.69) is 14.7 Å². The number of rotatable bonds is 19. The molecule has 2 rings (SSSR count). The van der Waals surface area contributed by atoms with Gasteiger partial charge < -0.3 is 28.8 Å². The van der Waals surface area contributed by atoms with Crippen LogP contribution in [-0.2, 0) is 33.5 Å². The van der Waals surface area contributed by atoms with Crippen molar-refractivity contribution in [2.45, 2.75) is 26.0 Å². The van der Waals surface area contributed by atoms with Gasteiger partial charge in [0.1, 0.15) is 25.6 Å². The van der Waals surface area contributed by atoms with Crippen molar-refractivity contribution in [3.63, 3.8) is 0 Å². The molecule has 0 spiro atoms. The minimum Gasteiger partial charge on any atom is -0.489 e. The Morgan fingerprint density at radius 3 is 2.21 bits per heavy atom. The molecule has 0 aliphatic carbocycles. The average molecular weight is 547 g/mol. The number of H-pyrrole nitrogens is 1. The van der Waals surface area contributed by atoms with E-state index in [-0.39, 0.29) is 52.2 Å². The van der Waals surface area contributed by atoms with Gasteiger partial charge in [-0.05, 0) is 32.0 Å². The van der Waals surface area contributed by atoms with Crippen molar-refractivity contribution in [1.29, 1.82) is 0 Å². The molecule has 0 aliphatic rings. The Kier molecular flexibility index (Phi) is 13.9. The van der Waals surface area contributed by atoms with E-state index in [1.165, 1.54) is 4.90 Å². The van der Waals surface area contributed by atoms with Gasteiger partial charge in [-0.1, -0.05) is 6.07 Å². The number of aromatic nitrogens is 1. The van der Waals surface area contributed by atoms with Gasteiger partial charge in [-0.3, -0.25) is 25.6 Å². The molecule has 2 aromatic rings. The third-order valence-electron chi connectivity index (χ3n) is 4.94. The third kappa shape index (κ3) is 11.7. The van der Waals surface area contributed by atoms with Crippen molar-refractivity contribution in [2.75, 3.05) is 52.8 Å². The van der Waals surface area contributed by atoms with E-state index in [9.17, 15) is 9.59 Å². The van der Waals surface area contributed by atoms with Gasteiger partial charge in [0.25, 0.3) is 0 Å². The molecule has 0 saturated carbocycles. The summed E-state index contributed by atoms with van der Waals surface area (Å²) in [6.07, 6.45) is 0.889. The normalized spacial score (nSPS) is 12.4. The second kappa shape index (κ2) is 16.8. The number of esters is 1. The van der Waals surface area contributed by atoms with Crippen molar-refractivity contribution in [1.82, 2.24) is 20.7 Å². The fourth-order valence-electron chi connectivity index (χ4n) is 3.28. The second-order valence-electron chi connectivity index (χ2n) is 8.03. The lowest BCUT2D eigenvalue weighted by Gasteiger charge is -2.30. The predicted molar refractivity (Wildman–Crippen MR) is 125 cm³/mol. The molecule has 1 aromatic carbocycles. The van der Waals surface area contributed by atoms with E-state index < -0.39 is 35.4 Å². The molecule has 214 valence electrons. The summed E-state index contributed by atoms with van der Waals surface area (Å²) >= 11 is 0. The Balaban J connectivity index is 2.00. The minimum atomic E-state index is -0.881. The second-order valence-corrected chi connectivity index (χ2v) is 8.03. The van der Waals surface area contributed by atoms with Crippen molar-refractivity contribution < 1.29 is 59.0 Å². The quantitative estimate of drug-likeness (QED) is 0.0940. The standard InChI is InChI=1S/C22H34N4O12/c1-16(2)24(21(27)14-33-8-10-36-25(29)30)12-17(38-22(28)15-34-9-11-37-26(31)32)13-35-20-5-3-4-19-18(20)6-7-23-19/h3-7,16-17,23,29-32H,8-15H2,1-2H3. The fraction of sp³-hybridized carbons (Fsp3) is 0.545. The monoisotopic (exact) mass is 546 g/mol. The molecule has 0 saturated heterocycles. The number of benzene rings is 1. The van der Waals surface area contributed by atoms with Crippen molar-refractivity contribution in [2.24, 2.45) is 0 Å². The summed E-state index contributed by atoms with van der Waals surface area (Å²) in [5.41, 5.74) is 0.863. The smallest absolute Gasteiger partial charge is 0.332 e. The van der Waals surface area contributed by atoms with Crippen molar-refractivity contribution >= 4 is 22.8 Å². The van der Waals surface area contributed by atoms with Crippen LogP contribution in [0.1, 0.15) is 13.8 Å². The average Bonchev–Trinajstić information content (AvgIpc) is 3.34. The lowest BCUT2D eigenvalue weighted by atomic mass is 10.2. The zero-order chi connectivity index (χ0) is 27.9. The summed E-state index contributed by atoms with van der Waals surface area (Å²) in [5.74, 6) is -0.571. The Morgan fingerprint density at radius 1 is 0.921 bits per heavy atom. The highest BCUT2D eigenvalue weighted by Gasteiger charge is 2.25. The lowest BCUT2D eigenvalue weighted by molar-refractivity contribution is -0.493. The Labute approximate surface area is 218 Å². The summed E-state index contributed by atoms with van der Waals surface area (Å²) in [7, 11) is 0. The van der Waals surface area contributed by atoms with E-state index in [0.29, 0.717) is 5.75 Å². The maximum absolute atomic E-state index is 12.8. The first-order valence-electron chi connectivity index (χ1n) is 11.6. The zero-order valence-electron chi connectivity index (χ0n) is 21.1. The van der Waals surface area contributed by atoms with E-state index in [1.54, 1.807) is 26.1 Å². The summed E-state index contributed by atoms with van der Waals surface area (Å²) in [5, 5.41) is 33.9. The first kappa shape index (κ1) is 31.3. The zero-order valence-corrected chi connectivity index (χ0v) is 21.1. The Hall–Kier alpha value is -2.90. The molecule has 0 bridgehead atoms. The predicted octanol–water partition coefficient (Wildman–Crippen LogP) is 0.753. The van der Waals surface area contributed by atoms with Crippen LogP contribution >= 0.6 is 0 Å². The van der Waals surface area contributed by atoms with Gasteiger partial charge in [0, 0.05) is 23.1 Å². The number of nitrogens with one attached hydrogen (secondary N) is 1. The highest BCUT2D eigenvalue weighted by molar-refractivity contribution is 5.85. The number of hydrogen-bond acceptors (Lipinski definition) is 14. The fourth-order valence-corrected chi connectivity index (χ4v) is 3.28. The van der Waals surface area contributed by atoms with Gasteiger partial charge in [-0.2, -0.15) is 0 Å². The highest BCUT2D eigenvalue weighted by atomic mass is 17.1. The van der Waals surface area contributed by atoms with Gasteiger partial charge in [0.15, 0.2) is 6.10 Å². The summed E-state index contributed by atoms with van der Waals surface area (Å²) in [6, 6.07) is 7.03. The number of amides is 1. The molecular weight excluding hydrogens is 512 g/mol. The molecule has 38 heavy (non-hydrogen) atoms. The maximum atomic E-state index is 12.8. The van der Waals surface area contributed by atoms with Crippen LogP contribution in [0.5, 0.6) is 5.75 Å². The first-order valence-corrected chi connectivity index (χ1v) is 11.6. The third-order valence-corrected chi connectivity index (χ3v) is 4.94. The number of hydrogen-bond donors (Lipinski definition) is 5. The molecule has 1 amide bonds. The van der Waals surface area contributed by atoms with Crippen LogP contribution in [0.25, 0.3) is 10.9 Å². The summed E-state index contributed by atoms with van der Waals surface area (Å²) in [4.78, 5) is 38.5. The molecule has 16 heteroatoms. The number of carbonyl (C=O) groups is 2.